The average molecular weight is 391 g/mol. The molecule has 1 aromatic heterocycles. The van der Waals surface area contributed by atoms with E-state index in [-0.39, 0.29) is 8.76 Å². The summed E-state index contributed by atoms with van der Waals surface area (Å²) < 4.78 is 5.23. The number of carbonyl (C=O) groups excluding carboxylic acids is 1. The lowest BCUT2D eigenvalue weighted by Gasteiger charge is -2.17. The average Bonchev–Trinajstić information content (AvgIpc) is 3.57. The van der Waals surface area contributed by atoms with Crippen LogP contribution in [0.5, 0.6) is 5.75 Å². The van der Waals surface area contributed by atoms with Crippen molar-refractivity contribution in [3.63, 3.8) is 0 Å². The van der Waals surface area contributed by atoms with Gasteiger partial charge in [-0.05, 0) is 61.1 Å². The molecule has 1 heterocycles. The lowest BCUT2D eigenvalue weighted by molar-refractivity contribution is -0.118. The van der Waals surface area contributed by atoms with Crippen LogP contribution in [0.3, 0.4) is 0 Å². The SMILES string of the molecule is CCc1ccc(-c2nc(NC(=O)C3(c4ccc(OC)cc4)CC3)ccc2C)cc1.[HH].[HH]. The van der Waals surface area contributed by atoms with Gasteiger partial charge in [0.05, 0.1) is 18.2 Å². The Hall–Kier alpha value is -3.14. The maximum absolute atomic E-state index is 13.1. The van der Waals surface area contributed by atoms with E-state index in [0.29, 0.717) is 5.82 Å². The van der Waals surface area contributed by atoms with Crippen molar-refractivity contribution in [1.82, 2.24) is 4.98 Å². The third-order valence-corrected chi connectivity index (χ3v) is 5.80. The van der Waals surface area contributed by atoms with Gasteiger partial charge in [0.15, 0.2) is 0 Å². The molecule has 1 saturated carbocycles. The van der Waals surface area contributed by atoms with E-state index >= 15 is 0 Å². The second-order valence-corrected chi connectivity index (χ2v) is 7.68. The number of aryl methyl sites for hydroxylation is 2. The van der Waals surface area contributed by atoms with E-state index < -0.39 is 5.41 Å². The van der Waals surface area contributed by atoms with Crippen LogP contribution in [0.4, 0.5) is 5.82 Å². The Balaban J connectivity index is 0.00000171. The number of pyridine rings is 1. The Morgan fingerprint density at radius 2 is 1.76 bits per heavy atom. The molecule has 0 radical (unpaired) electrons. The minimum Gasteiger partial charge on any atom is -0.497 e. The van der Waals surface area contributed by atoms with Crippen LogP contribution in [0.1, 0.15) is 39.3 Å². The number of rotatable bonds is 6. The van der Waals surface area contributed by atoms with Gasteiger partial charge in [0, 0.05) is 8.42 Å². The van der Waals surface area contributed by atoms with Crippen LogP contribution in [-0.2, 0) is 16.6 Å². The van der Waals surface area contributed by atoms with E-state index in [1.165, 1.54) is 5.56 Å². The highest BCUT2D eigenvalue weighted by Gasteiger charge is 2.51. The summed E-state index contributed by atoms with van der Waals surface area (Å²) in [4.78, 5) is 17.8. The summed E-state index contributed by atoms with van der Waals surface area (Å²) in [6.07, 6.45) is 2.71. The number of amides is 1. The zero-order valence-electron chi connectivity index (χ0n) is 17.2. The third kappa shape index (κ3) is 3.75. The summed E-state index contributed by atoms with van der Waals surface area (Å²) in [5.41, 5.74) is 4.92. The minimum atomic E-state index is -0.457. The first kappa shape index (κ1) is 19.2. The Morgan fingerprint density at radius 1 is 1.07 bits per heavy atom. The van der Waals surface area contributed by atoms with Crippen molar-refractivity contribution in [2.75, 3.05) is 12.4 Å². The molecule has 4 rings (SSSR count). The highest BCUT2D eigenvalue weighted by Crippen LogP contribution is 2.49. The van der Waals surface area contributed by atoms with Gasteiger partial charge in [-0.1, -0.05) is 49.4 Å². The van der Waals surface area contributed by atoms with Crippen LogP contribution in [0.25, 0.3) is 11.3 Å². The molecule has 4 nitrogen and oxygen atoms in total. The van der Waals surface area contributed by atoms with Gasteiger partial charge < -0.3 is 10.1 Å². The number of anilines is 1. The number of hydrogen-bond acceptors (Lipinski definition) is 3. The molecule has 0 spiro atoms. The smallest absolute Gasteiger partial charge is 0.236 e. The molecule has 0 bridgehead atoms. The van der Waals surface area contributed by atoms with E-state index in [1.807, 2.05) is 43.3 Å². The molecule has 1 amide bonds. The van der Waals surface area contributed by atoms with Crippen LogP contribution >= 0.6 is 0 Å². The predicted octanol–water partition coefficient (Wildman–Crippen LogP) is 5.79. The lowest BCUT2D eigenvalue weighted by Crippen LogP contribution is -2.28. The van der Waals surface area contributed by atoms with Crippen molar-refractivity contribution < 1.29 is 12.4 Å². The van der Waals surface area contributed by atoms with Crippen LogP contribution < -0.4 is 10.1 Å². The Kier molecular flexibility index (Phi) is 5.10. The number of ether oxygens (including phenoxy) is 1. The maximum atomic E-state index is 13.1. The molecule has 1 fully saturated rings. The molecule has 4 heteroatoms. The zero-order valence-corrected chi connectivity index (χ0v) is 17.2. The molecule has 0 atom stereocenters. The molecule has 1 N–H and O–H groups in total. The first-order valence-electron chi connectivity index (χ1n) is 10.1. The largest absolute Gasteiger partial charge is 0.497 e. The number of hydrogen-bond donors (Lipinski definition) is 1. The Labute approximate surface area is 174 Å². The van der Waals surface area contributed by atoms with Gasteiger partial charge in [-0.15, -0.1) is 0 Å². The minimum absolute atomic E-state index is 0. The quantitative estimate of drug-likeness (QED) is 0.579. The van der Waals surface area contributed by atoms with Crippen LogP contribution in [-0.4, -0.2) is 18.0 Å². The van der Waals surface area contributed by atoms with E-state index in [1.54, 1.807) is 7.11 Å². The van der Waals surface area contributed by atoms with Crippen molar-refractivity contribution in [3.05, 3.63) is 77.4 Å². The molecule has 0 saturated heterocycles. The highest BCUT2D eigenvalue weighted by atomic mass is 16.5. The molecule has 2 aromatic carbocycles. The van der Waals surface area contributed by atoms with Crippen molar-refractivity contribution in [2.45, 2.75) is 38.5 Å². The standard InChI is InChI=1S/C25H26N2O2.2H2/c1-4-18-6-8-19(9-7-18)23-17(2)5-14-22(26-23)27-24(28)25(15-16-25)20-10-12-21(29-3)13-11-20;;/h5-14H,4,15-16H2,1-3H3,(H,26,27,28);2*1H. The Bertz CT molecular complexity index is 1030. The fraction of sp³-hybridized carbons (Fsp3) is 0.280. The third-order valence-electron chi connectivity index (χ3n) is 5.80. The molecule has 152 valence electrons. The molecule has 3 aromatic rings. The number of methoxy groups -OCH3 is 1. The molecule has 0 aliphatic heterocycles. The van der Waals surface area contributed by atoms with Gasteiger partial charge in [0.25, 0.3) is 0 Å². The number of benzene rings is 2. The monoisotopic (exact) mass is 390 g/mol. The molecule has 0 unspecified atom stereocenters. The van der Waals surface area contributed by atoms with Gasteiger partial charge in [-0.3, -0.25) is 4.79 Å². The van der Waals surface area contributed by atoms with E-state index in [4.69, 9.17) is 9.72 Å². The summed E-state index contributed by atoms with van der Waals surface area (Å²) in [5.74, 6) is 1.39. The van der Waals surface area contributed by atoms with Crippen LogP contribution in [0, 0.1) is 6.92 Å². The lowest BCUT2D eigenvalue weighted by atomic mass is 9.95. The molecule has 1 aliphatic carbocycles. The first-order chi connectivity index (χ1) is 14.1. The highest BCUT2D eigenvalue weighted by molar-refractivity contribution is 6.01. The summed E-state index contributed by atoms with van der Waals surface area (Å²) >= 11 is 0. The van der Waals surface area contributed by atoms with Gasteiger partial charge >= 0.3 is 0 Å². The number of nitrogens with one attached hydrogen (secondary N) is 1. The second kappa shape index (κ2) is 7.70. The summed E-state index contributed by atoms with van der Waals surface area (Å²) in [5, 5.41) is 3.05. The molecular weight excluding hydrogens is 360 g/mol. The van der Waals surface area contributed by atoms with Crippen molar-refractivity contribution >= 4 is 11.7 Å². The summed E-state index contributed by atoms with van der Waals surface area (Å²) in [6.45, 7) is 4.19. The number of nitrogens with zero attached hydrogens (tertiary/aromatic N) is 1. The summed E-state index contributed by atoms with van der Waals surface area (Å²) in [6, 6.07) is 20.1. The fourth-order valence-corrected chi connectivity index (χ4v) is 3.71. The van der Waals surface area contributed by atoms with Gasteiger partial charge in [0.2, 0.25) is 5.91 Å². The number of carbonyl (C=O) groups is 1. The van der Waals surface area contributed by atoms with E-state index in [0.717, 1.165) is 47.4 Å². The molecule has 1 aliphatic rings. The van der Waals surface area contributed by atoms with Crippen molar-refractivity contribution in [3.8, 4) is 17.0 Å². The Morgan fingerprint density at radius 3 is 2.34 bits per heavy atom. The first-order valence-corrected chi connectivity index (χ1v) is 10.1. The van der Waals surface area contributed by atoms with Crippen LogP contribution in [0.2, 0.25) is 0 Å². The predicted molar refractivity (Wildman–Crippen MR) is 121 cm³/mol. The topological polar surface area (TPSA) is 51.2 Å². The van der Waals surface area contributed by atoms with E-state index in [2.05, 4.69) is 36.5 Å². The van der Waals surface area contributed by atoms with Gasteiger partial charge in [0.1, 0.15) is 11.6 Å². The maximum Gasteiger partial charge on any atom is 0.236 e. The summed E-state index contributed by atoms with van der Waals surface area (Å²) in [7, 11) is 1.64. The number of aromatic nitrogens is 1. The zero-order chi connectivity index (χ0) is 20.4. The van der Waals surface area contributed by atoms with Crippen LogP contribution in [0.15, 0.2) is 60.7 Å². The second-order valence-electron chi connectivity index (χ2n) is 7.68. The van der Waals surface area contributed by atoms with Gasteiger partial charge in [-0.25, -0.2) is 4.98 Å². The molecular formula is C25H30N2O2. The van der Waals surface area contributed by atoms with Crippen molar-refractivity contribution in [2.24, 2.45) is 0 Å². The van der Waals surface area contributed by atoms with Gasteiger partial charge in [-0.2, -0.15) is 0 Å². The fourth-order valence-electron chi connectivity index (χ4n) is 3.71. The normalized spacial score (nSPS) is 14.3. The van der Waals surface area contributed by atoms with E-state index in [9.17, 15) is 4.79 Å². The van der Waals surface area contributed by atoms with Crippen molar-refractivity contribution in [1.29, 1.82) is 0 Å². The molecule has 29 heavy (non-hydrogen) atoms.